The SMILES string of the molecule is COC[C@H]1C[C@@H](CNc2ncc3c(-c4ccc5nccnc5c4)ccn3n2)C1. The summed E-state index contributed by atoms with van der Waals surface area (Å²) in [5, 5.41) is 7.98. The normalized spacial score (nSPS) is 19.0. The average molecular weight is 374 g/mol. The zero-order valence-corrected chi connectivity index (χ0v) is 15.7. The van der Waals surface area contributed by atoms with Gasteiger partial charge in [-0.15, -0.1) is 5.10 Å². The van der Waals surface area contributed by atoms with Crippen LogP contribution in [0, 0.1) is 11.8 Å². The minimum absolute atomic E-state index is 0.661. The number of anilines is 1. The number of nitrogens with zero attached hydrogens (tertiary/aromatic N) is 5. The number of rotatable bonds is 6. The van der Waals surface area contributed by atoms with Crippen molar-refractivity contribution in [2.45, 2.75) is 12.8 Å². The molecular weight excluding hydrogens is 352 g/mol. The molecule has 3 aromatic heterocycles. The summed E-state index contributed by atoms with van der Waals surface area (Å²) in [5.74, 6) is 2.05. The molecule has 142 valence electrons. The first-order valence-electron chi connectivity index (χ1n) is 9.58. The fourth-order valence-corrected chi connectivity index (χ4v) is 4.00. The van der Waals surface area contributed by atoms with Gasteiger partial charge >= 0.3 is 0 Å². The molecule has 5 rings (SSSR count). The number of benzene rings is 1. The molecule has 0 aliphatic heterocycles. The number of aromatic nitrogens is 5. The van der Waals surface area contributed by atoms with Crippen molar-refractivity contribution in [3.63, 3.8) is 0 Å². The Hall–Kier alpha value is -3.06. The highest BCUT2D eigenvalue weighted by Crippen LogP contribution is 2.33. The molecule has 0 unspecified atom stereocenters. The van der Waals surface area contributed by atoms with Crippen LogP contribution in [0.1, 0.15) is 12.8 Å². The first kappa shape index (κ1) is 17.1. The topological polar surface area (TPSA) is 77.2 Å². The number of hydrogen-bond donors (Lipinski definition) is 1. The second-order valence-corrected chi connectivity index (χ2v) is 7.44. The van der Waals surface area contributed by atoms with E-state index >= 15 is 0 Å². The van der Waals surface area contributed by atoms with Gasteiger partial charge in [0.15, 0.2) is 0 Å². The van der Waals surface area contributed by atoms with E-state index < -0.39 is 0 Å². The largest absolute Gasteiger partial charge is 0.384 e. The molecule has 0 bridgehead atoms. The lowest BCUT2D eigenvalue weighted by Crippen LogP contribution is -2.32. The van der Waals surface area contributed by atoms with Crippen LogP contribution in [0.4, 0.5) is 5.95 Å². The van der Waals surface area contributed by atoms with E-state index in [2.05, 4.69) is 43.6 Å². The highest BCUT2D eigenvalue weighted by atomic mass is 16.5. The van der Waals surface area contributed by atoms with Gasteiger partial charge in [0.1, 0.15) is 0 Å². The molecule has 1 aromatic carbocycles. The number of ether oxygens (including phenoxy) is 1. The molecule has 28 heavy (non-hydrogen) atoms. The van der Waals surface area contributed by atoms with Crippen molar-refractivity contribution in [3.8, 4) is 11.1 Å². The van der Waals surface area contributed by atoms with Gasteiger partial charge < -0.3 is 10.1 Å². The Labute approximate surface area is 162 Å². The van der Waals surface area contributed by atoms with Gasteiger partial charge in [-0.25, -0.2) is 9.50 Å². The van der Waals surface area contributed by atoms with Gasteiger partial charge in [-0.3, -0.25) is 9.97 Å². The molecule has 0 spiro atoms. The van der Waals surface area contributed by atoms with Crippen molar-refractivity contribution in [2.24, 2.45) is 11.8 Å². The molecule has 0 atom stereocenters. The summed E-state index contributed by atoms with van der Waals surface area (Å²) >= 11 is 0. The Kier molecular flexibility index (Phi) is 4.37. The summed E-state index contributed by atoms with van der Waals surface area (Å²) in [5.41, 5.74) is 4.91. The lowest BCUT2D eigenvalue weighted by atomic mass is 9.75. The highest BCUT2D eigenvalue weighted by Gasteiger charge is 2.28. The van der Waals surface area contributed by atoms with Gasteiger partial charge in [-0.2, -0.15) is 0 Å². The van der Waals surface area contributed by atoms with Crippen LogP contribution in [0.15, 0.2) is 49.1 Å². The molecule has 0 saturated heterocycles. The van der Waals surface area contributed by atoms with Crippen molar-refractivity contribution in [1.82, 2.24) is 24.6 Å². The van der Waals surface area contributed by atoms with Crippen molar-refractivity contribution in [3.05, 3.63) is 49.1 Å². The summed E-state index contributed by atoms with van der Waals surface area (Å²) < 4.78 is 7.09. The number of fused-ring (bicyclic) bond motifs is 2. The van der Waals surface area contributed by atoms with Crippen LogP contribution in [0.2, 0.25) is 0 Å². The molecule has 0 amide bonds. The van der Waals surface area contributed by atoms with E-state index in [4.69, 9.17) is 4.74 Å². The molecule has 1 aliphatic rings. The summed E-state index contributed by atoms with van der Waals surface area (Å²) in [6.07, 6.45) is 9.68. The molecule has 1 N–H and O–H groups in total. The minimum atomic E-state index is 0.661. The predicted octanol–water partition coefficient (Wildman–Crippen LogP) is 3.42. The van der Waals surface area contributed by atoms with Gasteiger partial charge in [-0.05, 0) is 48.4 Å². The van der Waals surface area contributed by atoms with E-state index in [1.165, 1.54) is 12.8 Å². The molecule has 1 saturated carbocycles. The molecular formula is C21H22N6O. The third-order valence-corrected chi connectivity index (χ3v) is 5.48. The maximum absolute atomic E-state index is 5.21. The molecule has 7 nitrogen and oxygen atoms in total. The van der Waals surface area contributed by atoms with Crippen molar-refractivity contribution in [1.29, 1.82) is 0 Å². The molecule has 1 aliphatic carbocycles. The number of methoxy groups -OCH3 is 1. The Bertz CT molecular complexity index is 1120. The molecule has 7 heteroatoms. The first-order valence-corrected chi connectivity index (χ1v) is 9.58. The van der Waals surface area contributed by atoms with E-state index in [1.807, 2.05) is 23.0 Å². The monoisotopic (exact) mass is 374 g/mol. The fraction of sp³-hybridized carbons (Fsp3) is 0.333. The van der Waals surface area contributed by atoms with E-state index in [0.29, 0.717) is 17.8 Å². The first-order chi connectivity index (χ1) is 13.8. The highest BCUT2D eigenvalue weighted by molar-refractivity contribution is 5.86. The summed E-state index contributed by atoms with van der Waals surface area (Å²) in [4.78, 5) is 13.2. The summed E-state index contributed by atoms with van der Waals surface area (Å²) in [6.45, 7) is 1.77. The van der Waals surface area contributed by atoms with E-state index in [9.17, 15) is 0 Å². The van der Waals surface area contributed by atoms with Crippen LogP contribution in [-0.2, 0) is 4.74 Å². The van der Waals surface area contributed by atoms with Crippen molar-refractivity contribution >= 4 is 22.5 Å². The number of hydrogen-bond acceptors (Lipinski definition) is 6. The van der Waals surface area contributed by atoms with Crippen LogP contribution < -0.4 is 5.32 Å². The zero-order valence-electron chi connectivity index (χ0n) is 15.7. The summed E-state index contributed by atoms with van der Waals surface area (Å²) in [6, 6.07) is 8.17. The average Bonchev–Trinajstić information content (AvgIpc) is 3.12. The molecule has 1 fully saturated rings. The van der Waals surface area contributed by atoms with Gasteiger partial charge in [0, 0.05) is 44.4 Å². The Morgan fingerprint density at radius 3 is 2.79 bits per heavy atom. The molecule has 0 radical (unpaired) electrons. The van der Waals surface area contributed by atoms with Gasteiger partial charge in [0.2, 0.25) is 5.95 Å². The Balaban J connectivity index is 1.33. The van der Waals surface area contributed by atoms with Crippen LogP contribution in [0.5, 0.6) is 0 Å². The maximum Gasteiger partial charge on any atom is 0.241 e. The number of nitrogens with one attached hydrogen (secondary N) is 1. The van der Waals surface area contributed by atoms with E-state index in [-0.39, 0.29) is 0 Å². The van der Waals surface area contributed by atoms with E-state index in [1.54, 1.807) is 19.5 Å². The lowest BCUT2D eigenvalue weighted by molar-refractivity contribution is 0.0783. The second-order valence-electron chi connectivity index (χ2n) is 7.44. The fourth-order valence-electron chi connectivity index (χ4n) is 4.00. The van der Waals surface area contributed by atoms with Gasteiger partial charge in [-0.1, -0.05) is 6.07 Å². The Morgan fingerprint density at radius 1 is 1.07 bits per heavy atom. The molecule has 3 heterocycles. The van der Waals surface area contributed by atoms with Crippen LogP contribution in [0.25, 0.3) is 27.7 Å². The third kappa shape index (κ3) is 3.18. The van der Waals surface area contributed by atoms with Crippen LogP contribution in [0.3, 0.4) is 0 Å². The standard InChI is InChI=1S/C21H22N6O/c1-28-13-15-8-14(9-15)11-24-21-25-12-20-17(4-7-27(20)26-21)16-2-3-18-19(10-16)23-6-5-22-18/h2-7,10,12,14-15H,8-9,11,13H2,1H3,(H,24,26)/t14-,15+. The minimum Gasteiger partial charge on any atom is -0.384 e. The maximum atomic E-state index is 5.21. The smallest absolute Gasteiger partial charge is 0.241 e. The third-order valence-electron chi connectivity index (χ3n) is 5.48. The second kappa shape index (κ2) is 7.16. The molecule has 4 aromatic rings. The summed E-state index contributed by atoms with van der Waals surface area (Å²) in [7, 11) is 1.77. The zero-order chi connectivity index (χ0) is 18.9. The van der Waals surface area contributed by atoms with Gasteiger partial charge in [0.25, 0.3) is 0 Å². The quantitative estimate of drug-likeness (QED) is 0.557. The van der Waals surface area contributed by atoms with Gasteiger partial charge in [0.05, 0.1) is 22.7 Å². The van der Waals surface area contributed by atoms with Crippen molar-refractivity contribution < 1.29 is 4.74 Å². The van der Waals surface area contributed by atoms with Crippen LogP contribution >= 0.6 is 0 Å². The Morgan fingerprint density at radius 2 is 1.93 bits per heavy atom. The lowest BCUT2D eigenvalue weighted by Gasteiger charge is -2.34. The van der Waals surface area contributed by atoms with E-state index in [0.717, 1.165) is 40.8 Å². The predicted molar refractivity (Wildman–Crippen MR) is 108 cm³/mol. The van der Waals surface area contributed by atoms with Crippen LogP contribution in [-0.4, -0.2) is 44.8 Å². The van der Waals surface area contributed by atoms with Crippen molar-refractivity contribution in [2.75, 3.05) is 25.6 Å².